The fourth-order valence-electron chi connectivity index (χ4n) is 5.63. The number of piperidine rings is 1. The number of carbonyl (C=O) groups excluding carboxylic acids is 1. The Morgan fingerprint density at radius 1 is 1.03 bits per heavy atom. The van der Waals surface area contributed by atoms with Crippen molar-refractivity contribution in [3.63, 3.8) is 0 Å². The van der Waals surface area contributed by atoms with E-state index in [1.54, 1.807) is 36.7 Å². The first-order chi connectivity index (χ1) is 15.5. The fraction of sp³-hybridized carbons (Fsp3) is 0.520. The number of ether oxygens (including phenoxy) is 1. The van der Waals surface area contributed by atoms with E-state index in [-0.39, 0.29) is 23.9 Å². The first kappa shape index (κ1) is 21.2. The quantitative estimate of drug-likeness (QED) is 0.776. The van der Waals surface area contributed by atoms with E-state index in [0.717, 1.165) is 58.0 Å². The lowest BCUT2D eigenvalue weighted by Gasteiger charge is -2.41. The number of hydrogen-bond donors (Lipinski definition) is 1. The molecule has 1 atom stereocenters. The third-order valence-electron chi connectivity index (χ3n) is 7.37. The monoisotopic (exact) mass is 439 g/mol. The zero-order chi connectivity index (χ0) is 22.1. The van der Waals surface area contributed by atoms with Gasteiger partial charge in [0.2, 0.25) is 5.91 Å². The topological polar surface area (TPSA) is 65.9 Å². The molecule has 6 nitrogen and oxygen atoms in total. The number of hydrogen-bond acceptors (Lipinski definition) is 5. The molecule has 0 radical (unpaired) electrons. The Balaban J connectivity index is 1.29. The molecule has 1 spiro atoms. The van der Waals surface area contributed by atoms with Crippen LogP contribution in [0.3, 0.4) is 0 Å². The maximum absolute atomic E-state index is 15.1. The number of aliphatic hydroxyl groups is 1. The predicted molar refractivity (Wildman–Crippen MR) is 119 cm³/mol. The summed E-state index contributed by atoms with van der Waals surface area (Å²) in [6.45, 7) is 2.07. The molecular formula is C25H30FN3O3. The van der Waals surface area contributed by atoms with Gasteiger partial charge in [0.25, 0.3) is 0 Å². The van der Waals surface area contributed by atoms with E-state index < -0.39 is 5.41 Å². The zero-order valence-corrected chi connectivity index (χ0v) is 18.3. The van der Waals surface area contributed by atoms with E-state index >= 15 is 4.39 Å². The van der Waals surface area contributed by atoms with Gasteiger partial charge in [-0.1, -0.05) is 0 Å². The summed E-state index contributed by atoms with van der Waals surface area (Å²) in [6.07, 6.45) is 8.88. The lowest BCUT2D eigenvalue weighted by Crippen LogP contribution is -2.50. The summed E-state index contributed by atoms with van der Waals surface area (Å²) in [6, 6.07) is 8.63. The van der Waals surface area contributed by atoms with Crippen molar-refractivity contribution in [1.29, 1.82) is 0 Å². The highest BCUT2D eigenvalue weighted by Gasteiger charge is 2.50. The van der Waals surface area contributed by atoms with Gasteiger partial charge in [0.1, 0.15) is 17.3 Å². The van der Waals surface area contributed by atoms with Crippen molar-refractivity contribution in [1.82, 2.24) is 9.88 Å². The molecule has 5 rings (SSSR count). The molecule has 2 saturated heterocycles. The Bertz CT molecular complexity index is 964. The SMILES string of the molecule is O=C1N(C2CCC(O)CC2)CC[C@@]12CCCN(c1ccc(Oc3ccncc3)cc1F)C2. The molecule has 7 heteroatoms. The Labute approximate surface area is 188 Å². The number of rotatable bonds is 4. The van der Waals surface area contributed by atoms with Crippen molar-refractivity contribution < 1.29 is 19.0 Å². The van der Waals surface area contributed by atoms with Crippen LogP contribution >= 0.6 is 0 Å². The molecular weight excluding hydrogens is 409 g/mol. The second-order valence-electron chi connectivity index (χ2n) is 9.41. The van der Waals surface area contributed by atoms with Crippen molar-refractivity contribution in [3.8, 4) is 11.5 Å². The maximum Gasteiger partial charge on any atom is 0.230 e. The summed E-state index contributed by atoms with van der Waals surface area (Å²) in [7, 11) is 0. The van der Waals surface area contributed by atoms with Crippen LogP contribution in [0.4, 0.5) is 10.1 Å². The molecule has 0 unspecified atom stereocenters. The minimum absolute atomic E-state index is 0.224. The molecule has 170 valence electrons. The van der Waals surface area contributed by atoms with Crippen LogP contribution in [0.25, 0.3) is 0 Å². The Morgan fingerprint density at radius 3 is 2.56 bits per heavy atom. The minimum atomic E-state index is -0.424. The third kappa shape index (κ3) is 4.06. The fourth-order valence-corrected chi connectivity index (χ4v) is 5.63. The van der Waals surface area contributed by atoms with Crippen LogP contribution in [0.5, 0.6) is 11.5 Å². The molecule has 1 aromatic heterocycles. The molecule has 32 heavy (non-hydrogen) atoms. The van der Waals surface area contributed by atoms with Crippen molar-refractivity contribution in [3.05, 3.63) is 48.5 Å². The van der Waals surface area contributed by atoms with Gasteiger partial charge in [-0.3, -0.25) is 9.78 Å². The number of likely N-dealkylation sites (tertiary alicyclic amines) is 1. The predicted octanol–water partition coefficient (Wildman–Crippen LogP) is 4.14. The second kappa shape index (κ2) is 8.70. The van der Waals surface area contributed by atoms with Gasteiger partial charge in [-0.25, -0.2) is 4.39 Å². The molecule has 1 aliphatic carbocycles. The van der Waals surface area contributed by atoms with Gasteiger partial charge in [-0.2, -0.15) is 0 Å². The number of halogens is 1. The van der Waals surface area contributed by atoms with Crippen LogP contribution in [0.15, 0.2) is 42.7 Å². The summed E-state index contributed by atoms with van der Waals surface area (Å²) in [5.41, 5.74) is 0.102. The van der Waals surface area contributed by atoms with Crippen LogP contribution in [-0.2, 0) is 4.79 Å². The van der Waals surface area contributed by atoms with E-state index in [9.17, 15) is 9.90 Å². The summed E-state index contributed by atoms with van der Waals surface area (Å²) in [5.74, 6) is 0.932. The van der Waals surface area contributed by atoms with Gasteiger partial charge in [0, 0.05) is 44.1 Å². The van der Waals surface area contributed by atoms with Crippen molar-refractivity contribution >= 4 is 11.6 Å². The number of carbonyl (C=O) groups is 1. The average molecular weight is 440 g/mol. The first-order valence-corrected chi connectivity index (χ1v) is 11.7. The highest BCUT2D eigenvalue weighted by atomic mass is 19.1. The third-order valence-corrected chi connectivity index (χ3v) is 7.37. The highest BCUT2D eigenvalue weighted by Crippen LogP contribution is 2.44. The van der Waals surface area contributed by atoms with Crippen LogP contribution < -0.4 is 9.64 Å². The number of aromatic nitrogens is 1. The first-order valence-electron chi connectivity index (χ1n) is 11.7. The molecule has 1 amide bonds. The molecule has 3 aliphatic rings. The molecule has 2 aliphatic heterocycles. The maximum atomic E-state index is 15.1. The second-order valence-corrected chi connectivity index (χ2v) is 9.41. The van der Waals surface area contributed by atoms with Crippen molar-refractivity contribution in [2.75, 3.05) is 24.5 Å². The Morgan fingerprint density at radius 2 is 1.81 bits per heavy atom. The number of aliphatic hydroxyl groups excluding tert-OH is 1. The summed E-state index contributed by atoms with van der Waals surface area (Å²) >= 11 is 0. The van der Waals surface area contributed by atoms with Gasteiger partial charge in [0.05, 0.1) is 17.2 Å². The smallest absolute Gasteiger partial charge is 0.230 e. The molecule has 3 fully saturated rings. The molecule has 2 aromatic rings. The largest absolute Gasteiger partial charge is 0.457 e. The lowest BCUT2D eigenvalue weighted by atomic mass is 9.78. The lowest BCUT2D eigenvalue weighted by molar-refractivity contribution is -0.139. The van der Waals surface area contributed by atoms with Crippen LogP contribution in [0, 0.1) is 11.2 Å². The summed E-state index contributed by atoms with van der Waals surface area (Å²) in [4.78, 5) is 21.5. The molecule has 0 bridgehead atoms. The number of anilines is 1. The van der Waals surface area contributed by atoms with Crippen LogP contribution in [0.1, 0.15) is 44.9 Å². The molecule has 1 aromatic carbocycles. The Kier molecular flexibility index (Phi) is 5.76. The molecule has 3 heterocycles. The van der Waals surface area contributed by atoms with Crippen molar-refractivity contribution in [2.45, 2.75) is 57.1 Å². The van der Waals surface area contributed by atoms with Gasteiger partial charge in [-0.05, 0) is 69.2 Å². The minimum Gasteiger partial charge on any atom is -0.457 e. The van der Waals surface area contributed by atoms with E-state index in [0.29, 0.717) is 23.7 Å². The zero-order valence-electron chi connectivity index (χ0n) is 18.3. The van der Waals surface area contributed by atoms with E-state index in [1.807, 2.05) is 4.90 Å². The molecule has 1 saturated carbocycles. The van der Waals surface area contributed by atoms with E-state index in [4.69, 9.17) is 4.74 Å². The average Bonchev–Trinajstić information content (AvgIpc) is 3.10. The van der Waals surface area contributed by atoms with Crippen LogP contribution in [0.2, 0.25) is 0 Å². The highest BCUT2D eigenvalue weighted by molar-refractivity contribution is 5.86. The summed E-state index contributed by atoms with van der Waals surface area (Å²) < 4.78 is 20.8. The van der Waals surface area contributed by atoms with E-state index in [1.165, 1.54) is 6.07 Å². The number of nitrogens with zero attached hydrogens (tertiary/aromatic N) is 3. The normalized spacial score (nSPS) is 28.4. The van der Waals surface area contributed by atoms with Gasteiger partial charge in [0.15, 0.2) is 0 Å². The van der Waals surface area contributed by atoms with Gasteiger partial charge in [-0.15, -0.1) is 0 Å². The van der Waals surface area contributed by atoms with Crippen molar-refractivity contribution in [2.24, 2.45) is 5.41 Å². The van der Waals surface area contributed by atoms with Gasteiger partial charge < -0.3 is 19.6 Å². The van der Waals surface area contributed by atoms with E-state index in [2.05, 4.69) is 9.88 Å². The summed E-state index contributed by atoms with van der Waals surface area (Å²) in [5, 5.41) is 9.81. The standard InChI is InChI=1S/C25H30FN3O3/c26-22-16-21(32-20-8-12-27-13-9-20)6-7-23(22)28-14-1-10-25(17-28)11-15-29(24(25)31)18-2-4-19(30)5-3-18/h6-9,12-13,16,18-19,30H,1-5,10-11,14-15,17H2/t18?,19?,25-/m1/s1. The number of amides is 1. The number of pyridine rings is 1. The number of benzene rings is 1. The Hall–Kier alpha value is -2.67. The molecule has 1 N–H and O–H groups in total. The van der Waals surface area contributed by atoms with Gasteiger partial charge >= 0.3 is 0 Å². The van der Waals surface area contributed by atoms with Crippen LogP contribution in [-0.4, -0.2) is 52.7 Å².